The van der Waals surface area contributed by atoms with Crippen LogP contribution in [-0.4, -0.2) is 205 Å². The van der Waals surface area contributed by atoms with Crippen molar-refractivity contribution >= 4 is 31.7 Å². The molecule has 0 aromatic rings. The summed E-state index contributed by atoms with van der Waals surface area (Å²) in [6.45, 7) is 7.95. The zero-order chi connectivity index (χ0) is 86.9. The molecule has 2 aliphatic heterocycles. The number of aliphatic hydroxyl groups is 9. The summed E-state index contributed by atoms with van der Waals surface area (Å²) in [5, 5.41) is 102. The predicted molar refractivity (Wildman–Crippen MR) is 463 cm³/mol. The molecule has 10 N–H and O–H groups in total. The minimum absolute atomic E-state index is 0.00460. The van der Waals surface area contributed by atoms with Crippen LogP contribution in [0.5, 0.6) is 0 Å². The van der Waals surface area contributed by atoms with Crippen molar-refractivity contribution in [2.75, 3.05) is 26.4 Å². The highest BCUT2D eigenvalue weighted by atomic mass is 31.2. The third kappa shape index (κ3) is 51.6. The van der Waals surface area contributed by atoms with Gasteiger partial charge in [-0.15, -0.1) is 0 Å². The molecule has 0 bridgehead atoms. The number of rotatable bonds is 78. The standard InChI is InChI=1S/C93H173O25P/c1-6-10-14-18-22-25-28-31-33-35-38-40-43-46-54-60-66-78(97)112-73(69-109-76(95)64-58-53-49-48-51-57-63-72(5)62-56-50-21-17-13-9-4)70-111-119(107,108)118-91-89(116-92-86(105)82(101)80(99)74(68-94)113-92)85(104)84(103)88(115-79(98)67-61-55-47-44-41-37-34-32-29-26-23-19-15-11-7-2)90(91)117-93-87(106)83(102)81(100)75(114-93)71-110-77(96)65-59-52-45-42-39-36-30-27-24-20-16-12-8-3/h36,39,72-75,80-94,99-106H,6-35,37-38,40-71H2,1-5H3,(H,107,108)/b39-36-. The largest absolute Gasteiger partial charge is 0.472 e. The fourth-order valence-electron chi connectivity index (χ4n) is 16.1. The van der Waals surface area contributed by atoms with Crippen molar-refractivity contribution in [2.45, 2.75) is 524 Å². The van der Waals surface area contributed by atoms with Crippen LogP contribution in [0.4, 0.5) is 0 Å². The van der Waals surface area contributed by atoms with Crippen LogP contribution >= 0.6 is 7.82 Å². The van der Waals surface area contributed by atoms with E-state index in [9.17, 15) is 74.6 Å². The summed E-state index contributed by atoms with van der Waals surface area (Å²) >= 11 is 0. The van der Waals surface area contributed by atoms with E-state index in [2.05, 4.69) is 46.8 Å². The Bertz CT molecular complexity index is 2530. The zero-order valence-electron chi connectivity index (χ0n) is 74.8. The summed E-state index contributed by atoms with van der Waals surface area (Å²) in [6, 6.07) is 0. The van der Waals surface area contributed by atoms with Gasteiger partial charge in [0, 0.05) is 25.7 Å². The number of unbranched alkanes of at least 4 members (excludes halogenated alkanes) is 48. The lowest BCUT2D eigenvalue weighted by Crippen LogP contribution is -2.70. The quantitative estimate of drug-likeness (QED) is 0.00889. The van der Waals surface area contributed by atoms with Gasteiger partial charge < -0.3 is 88.7 Å². The van der Waals surface area contributed by atoms with E-state index in [0.717, 1.165) is 122 Å². The van der Waals surface area contributed by atoms with Crippen molar-refractivity contribution in [2.24, 2.45) is 5.92 Å². The van der Waals surface area contributed by atoms with E-state index in [4.69, 9.17) is 46.9 Å². The number of carbonyl (C=O) groups excluding carboxylic acids is 4. The van der Waals surface area contributed by atoms with Crippen LogP contribution in [0, 0.1) is 5.92 Å². The molecule has 0 amide bonds. The van der Waals surface area contributed by atoms with Gasteiger partial charge in [-0.1, -0.05) is 355 Å². The van der Waals surface area contributed by atoms with E-state index in [-0.39, 0.29) is 25.7 Å². The minimum atomic E-state index is -5.81. The lowest BCUT2D eigenvalue weighted by molar-refractivity contribution is -0.360. The minimum Gasteiger partial charge on any atom is -0.463 e. The molecule has 2 heterocycles. The van der Waals surface area contributed by atoms with Gasteiger partial charge in [-0.25, -0.2) is 4.57 Å². The predicted octanol–water partition coefficient (Wildman–Crippen LogP) is 18.2. The second-order valence-electron chi connectivity index (χ2n) is 34.9. The average molecular weight is 1720 g/mol. The van der Waals surface area contributed by atoms with Crippen molar-refractivity contribution in [1.29, 1.82) is 0 Å². The second kappa shape index (κ2) is 71.3. The Morgan fingerprint density at radius 3 is 1.09 bits per heavy atom. The maximum absolute atomic E-state index is 14.9. The highest BCUT2D eigenvalue weighted by Gasteiger charge is 2.60. The van der Waals surface area contributed by atoms with Crippen LogP contribution in [0.1, 0.15) is 420 Å². The SMILES string of the molecule is CCCCCCCC/C=C\CCCCCC(=O)OCC1OC(OC2C(OC(=O)CCCCCCCCCCCCCCCCC)C(O)C(O)C(OC3OC(CO)C(O)C(O)C3O)C2OP(=O)(O)OCC(COC(=O)CCCCCCCCC(C)CCCCCCCC)OC(=O)CCCCCCCCCCCCCCCCCC)C(O)C(O)C1O. The molecule has 1 aliphatic carbocycles. The summed E-state index contributed by atoms with van der Waals surface area (Å²) in [7, 11) is -5.81. The van der Waals surface area contributed by atoms with Gasteiger partial charge in [0.2, 0.25) is 0 Å². The van der Waals surface area contributed by atoms with Gasteiger partial charge in [-0.3, -0.25) is 28.2 Å². The van der Waals surface area contributed by atoms with Gasteiger partial charge in [0.25, 0.3) is 0 Å². The van der Waals surface area contributed by atoms with Gasteiger partial charge in [0.1, 0.15) is 92.6 Å². The van der Waals surface area contributed by atoms with Crippen molar-refractivity contribution in [3.63, 3.8) is 0 Å². The van der Waals surface area contributed by atoms with Crippen molar-refractivity contribution in [3.05, 3.63) is 12.2 Å². The Balaban J connectivity index is 1.92. The van der Waals surface area contributed by atoms with Crippen LogP contribution in [-0.2, 0) is 70.7 Å². The number of carbonyl (C=O) groups is 4. The Hall–Kier alpha value is -2.79. The Kier molecular flexibility index (Phi) is 66.1. The molecule has 0 aromatic heterocycles. The molecule has 0 spiro atoms. The molecule has 3 fully saturated rings. The number of allylic oxidation sites excluding steroid dienone is 2. The lowest BCUT2D eigenvalue weighted by atomic mass is 9.84. The average Bonchev–Trinajstić information content (AvgIpc) is 0.754. The summed E-state index contributed by atoms with van der Waals surface area (Å²) in [4.78, 5) is 66.6. The summed E-state index contributed by atoms with van der Waals surface area (Å²) in [5.41, 5.74) is 0. The zero-order valence-corrected chi connectivity index (χ0v) is 75.7. The molecule has 3 rings (SSSR count). The summed E-state index contributed by atoms with van der Waals surface area (Å²) < 4.78 is 73.5. The summed E-state index contributed by atoms with van der Waals surface area (Å²) in [5.74, 6) is -2.28. The van der Waals surface area contributed by atoms with Gasteiger partial charge in [-0.05, 0) is 57.3 Å². The van der Waals surface area contributed by atoms with Crippen LogP contribution in [0.25, 0.3) is 0 Å². The number of hydrogen-bond donors (Lipinski definition) is 10. The molecule has 119 heavy (non-hydrogen) atoms. The highest BCUT2D eigenvalue weighted by molar-refractivity contribution is 7.47. The maximum atomic E-state index is 14.9. The van der Waals surface area contributed by atoms with Crippen LogP contribution < -0.4 is 0 Å². The van der Waals surface area contributed by atoms with Gasteiger partial charge >= 0.3 is 31.7 Å². The molecular weight excluding hydrogens is 1550 g/mol. The molecule has 19 unspecified atom stereocenters. The molecule has 0 radical (unpaired) electrons. The number of phosphoric acid groups is 1. The fraction of sp³-hybridized carbons (Fsp3) is 0.935. The first kappa shape index (κ1) is 110. The van der Waals surface area contributed by atoms with Crippen molar-refractivity contribution in [1.82, 2.24) is 0 Å². The van der Waals surface area contributed by atoms with Gasteiger partial charge in [0.15, 0.2) is 24.8 Å². The molecular formula is C93H173O25P. The first-order valence-corrected chi connectivity index (χ1v) is 49.8. The van der Waals surface area contributed by atoms with Crippen LogP contribution in [0.2, 0.25) is 0 Å². The van der Waals surface area contributed by atoms with E-state index in [1.807, 2.05) is 0 Å². The topological polar surface area (TPSA) is 380 Å². The van der Waals surface area contributed by atoms with E-state index in [0.29, 0.717) is 44.4 Å². The fourth-order valence-corrected chi connectivity index (χ4v) is 17.1. The van der Waals surface area contributed by atoms with Crippen molar-refractivity contribution < 1.29 is 122 Å². The van der Waals surface area contributed by atoms with Crippen LogP contribution in [0.15, 0.2) is 12.2 Å². The Morgan fingerprint density at radius 1 is 0.353 bits per heavy atom. The molecule has 25 nitrogen and oxygen atoms in total. The number of hydrogen-bond acceptors (Lipinski definition) is 24. The number of phosphoric ester groups is 1. The molecule has 1 saturated carbocycles. The van der Waals surface area contributed by atoms with E-state index in [1.165, 1.54) is 199 Å². The first-order chi connectivity index (χ1) is 57.6. The van der Waals surface area contributed by atoms with Crippen molar-refractivity contribution in [3.8, 4) is 0 Å². The third-order valence-electron chi connectivity index (χ3n) is 23.9. The molecule has 2 saturated heterocycles. The van der Waals surface area contributed by atoms with Crippen LogP contribution in [0.3, 0.4) is 0 Å². The maximum Gasteiger partial charge on any atom is 0.472 e. The second-order valence-corrected chi connectivity index (χ2v) is 36.3. The molecule has 700 valence electrons. The first-order valence-electron chi connectivity index (χ1n) is 48.3. The normalized spacial score (nSPS) is 25.1. The molecule has 19 atom stereocenters. The van der Waals surface area contributed by atoms with Gasteiger partial charge in [-0.2, -0.15) is 0 Å². The Morgan fingerprint density at radius 2 is 0.681 bits per heavy atom. The Labute approximate surface area is 718 Å². The molecule has 0 aromatic carbocycles. The summed E-state index contributed by atoms with van der Waals surface area (Å²) in [6.07, 6.45) is 29.1. The van der Waals surface area contributed by atoms with Gasteiger partial charge in [0.05, 0.1) is 13.2 Å². The number of aliphatic hydroxyl groups excluding tert-OH is 9. The highest BCUT2D eigenvalue weighted by Crippen LogP contribution is 2.49. The lowest BCUT2D eigenvalue weighted by Gasteiger charge is -2.50. The molecule has 26 heteroatoms. The smallest absolute Gasteiger partial charge is 0.463 e. The monoisotopic (exact) mass is 1720 g/mol. The third-order valence-corrected chi connectivity index (χ3v) is 24.9. The number of esters is 4. The van der Waals surface area contributed by atoms with E-state index >= 15 is 0 Å². The van der Waals surface area contributed by atoms with E-state index < -0.39 is 162 Å². The number of ether oxygens (including phenoxy) is 8. The molecule has 3 aliphatic rings. The van der Waals surface area contributed by atoms with E-state index in [1.54, 1.807) is 0 Å².